The zero-order chi connectivity index (χ0) is 17.9. The van der Waals surface area contributed by atoms with E-state index in [9.17, 15) is 0 Å². The third-order valence-corrected chi connectivity index (χ3v) is 5.40. The van der Waals surface area contributed by atoms with Gasteiger partial charge in [0.05, 0.1) is 5.02 Å². The molecule has 4 rings (SSSR count). The maximum Gasteiger partial charge on any atom is 0.121 e. The van der Waals surface area contributed by atoms with Crippen molar-refractivity contribution >= 4 is 34.0 Å². The molecule has 0 amide bonds. The van der Waals surface area contributed by atoms with Gasteiger partial charge in [0.2, 0.25) is 0 Å². The molecule has 1 aromatic heterocycles. The summed E-state index contributed by atoms with van der Waals surface area (Å²) in [5, 5.41) is 3.48. The molecule has 3 nitrogen and oxygen atoms in total. The topological polar surface area (TPSA) is 25.4 Å². The van der Waals surface area contributed by atoms with Crippen LogP contribution in [-0.4, -0.2) is 29.1 Å². The Bertz CT molecular complexity index is 890. The maximum absolute atomic E-state index is 6.37. The summed E-state index contributed by atoms with van der Waals surface area (Å²) in [4.78, 5) is 6.59. The predicted octanol–water partition coefficient (Wildman–Crippen LogP) is 5.59. The normalized spacial score (nSPS) is 16.1. The first-order valence-corrected chi connectivity index (χ1v) is 9.60. The number of fused-ring (bicyclic) bond motifs is 1. The van der Waals surface area contributed by atoms with Gasteiger partial charge in [-0.1, -0.05) is 35.3 Å². The van der Waals surface area contributed by atoms with Crippen LogP contribution >= 0.6 is 23.2 Å². The molecule has 2 aromatic carbocycles. The van der Waals surface area contributed by atoms with Crippen LogP contribution in [0.5, 0.6) is 5.75 Å². The standard InChI is InChI=1S/C21H20Cl2N2O/c22-17-3-1-15(2-4-17)14-25-9-6-18(7-10-25)26-19-11-16-5-8-24-13-20(16)21(23)12-19/h1-5,8,11-13,18H,6-7,9-10,14H2. The molecule has 0 unspecified atom stereocenters. The Labute approximate surface area is 163 Å². The average Bonchev–Trinajstić information content (AvgIpc) is 2.65. The van der Waals surface area contributed by atoms with Crippen LogP contribution in [0.4, 0.5) is 0 Å². The van der Waals surface area contributed by atoms with Crippen molar-refractivity contribution in [3.8, 4) is 5.75 Å². The summed E-state index contributed by atoms with van der Waals surface area (Å²) in [6.07, 6.45) is 5.82. The van der Waals surface area contributed by atoms with Gasteiger partial charge in [-0.25, -0.2) is 0 Å². The Hall–Kier alpha value is -1.81. The molecule has 0 spiro atoms. The van der Waals surface area contributed by atoms with Crippen LogP contribution in [0.2, 0.25) is 10.0 Å². The number of nitrogens with zero attached hydrogens (tertiary/aromatic N) is 2. The number of ether oxygens (including phenoxy) is 1. The molecular formula is C21H20Cl2N2O. The molecule has 1 aliphatic heterocycles. The van der Waals surface area contributed by atoms with Gasteiger partial charge in [0, 0.05) is 42.4 Å². The number of pyridine rings is 1. The fraction of sp³-hybridized carbons (Fsp3) is 0.286. The van der Waals surface area contributed by atoms with Crippen LogP contribution in [0, 0.1) is 0 Å². The summed E-state index contributed by atoms with van der Waals surface area (Å²) in [5.41, 5.74) is 1.30. The van der Waals surface area contributed by atoms with Crippen LogP contribution in [0.3, 0.4) is 0 Å². The number of benzene rings is 2. The van der Waals surface area contributed by atoms with Gasteiger partial charge in [0.25, 0.3) is 0 Å². The molecule has 5 heteroatoms. The van der Waals surface area contributed by atoms with Crippen LogP contribution in [0.1, 0.15) is 18.4 Å². The lowest BCUT2D eigenvalue weighted by molar-refractivity contribution is 0.0969. The first-order chi connectivity index (χ1) is 12.7. The lowest BCUT2D eigenvalue weighted by Crippen LogP contribution is -2.37. The van der Waals surface area contributed by atoms with E-state index < -0.39 is 0 Å². The van der Waals surface area contributed by atoms with Gasteiger partial charge in [-0.05, 0) is 54.1 Å². The Balaban J connectivity index is 1.36. The monoisotopic (exact) mass is 386 g/mol. The zero-order valence-corrected chi connectivity index (χ0v) is 15.9. The lowest BCUT2D eigenvalue weighted by atomic mass is 10.1. The van der Waals surface area contributed by atoms with Crippen molar-refractivity contribution in [2.24, 2.45) is 0 Å². The van der Waals surface area contributed by atoms with E-state index in [1.54, 1.807) is 12.4 Å². The predicted molar refractivity (Wildman–Crippen MR) is 107 cm³/mol. The highest BCUT2D eigenvalue weighted by atomic mass is 35.5. The number of likely N-dealkylation sites (tertiary alicyclic amines) is 1. The first-order valence-electron chi connectivity index (χ1n) is 8.84. The molecule has 3 aromatic rings. The Morgan fingerprint density at radius 3 is 2.58 bits per heavy atom. The number of halogens is 2. The van der Waals surface area contributed by atoms with Gasteiger partial charge in [-0.3, -0.25) is 9.88 Å². The smallest absolute Gasteiger partial charge is 0.121 e. The second-order valence-corrected chi connectivity index (χ2v) is 7.57. The quantitative estimate of drug-likeness (QED) is 0.584. The molecule has 26 heavy (non-hydrogen) atoms. The fourth-order valence-electron chi connectivity index (χ4n) is 3.42. The fourth-order valence-corrected chi connectivity index (χ4v) is 3.81. The van der Waals surface area contributed by atoms with Crippen molar-refractivity contribution in [1.29, 1.82) is 0 Å². The second-order valence-electron chi connectivity index (χ2n) is 6.72. The summed E-state index contributed by atoms with van der Waals surface area (Å²) in [5.74, 6) is 0.838. The van der Waals surface area contributed by atoms with Gasteiger partial charge in [-0.15, -0.1) is 0 Å². The van der Waals surface area contributed by atoms with Crippen molar-refractivity contribution in [3.05, 3.63) is 70.5 Å². The largest absolute Gasteiger partial charge is 0.490 e. The number of rotatable bonds is 4. The van der Waals surface area contributed by atoms with Crippen LogP contribution < -0.4 is 4.74 Å². The molecule has 134 valence electrons. The van der Waals surface area contributed by atoms with E-state index in [1.165, 1.54) is 5.56 Å². The number of hydrogen-bond acceptors (Lipinski definition) is 3. The average molecular weight is 387 g/mol. The Kier molecular flexibility index (Phi) is 5.30. The first kappa shape index (κ1) is 17.6. The molecular weight excluding hydrogens is 367 g/mol. The molecule has 0 saturated carbocycles. The van der Waals surface area contributed by atoms with Crippen molar-refractivity contribution in [3.63, 3.8) is 0 Å². The number of hydrogen-bond donors (Lipinski definition) is 0. The van der Waals surface area contributed by atoms with Crippen molar-refractivity contribution in [2.45, 2.75) is 25.5 Å². The van der Waals surface area contributed by atoms with E-state index in [1.807, 2.05) is 30.3 Å². The molecule has 0 N–H and O–H groups in total. The van der Waals surface area contributed by atoms with E-state index in [0.29, 0.717) is 5.02 Å². The summed E-state index contributed by atoms with van der Waals surface area (Å²) >= 11 is 12.3. The molecule has 1 saturated heterocycles. The van der Waals surface area contributed by atoms with E-state index in [0.717, 1.165) is 54.0 Å². The molecule has 2 heterocycles. The third kappa shape index (κ3) is 4.12. The van der Waals surface area contributed by atoms with E-state index >= 15 is 0 Å². The van der Waals surface area contributed by atoms with Crippen LogP contribution in [0.15, 0.2) is 54.9 Å². The van der Waals surface area contributed by atoms with Gasteiger partial charge < -0.3 is 4.74 Å². The van der Waals surface area contributed by atoms with Crippen LogP contribution in [-0.2, 0) is 6.54 Å². The van der Waals surface area contributed by atoms with Crippen molar-refractivity contribution in [1.82, 2.24) is 9.88 Å². The molecule has 0 aliphatic carbocycles. The highest BCUT2D eigenvalue weighted by molar-refractivity contribution is 6.35. The molecule has 0 atom stereocenters. The van der Waals surface area contributed by atoms with Gasteiger partial charge in [-0.2, -0.15) is 0 Å². The van der Waals surface area contributed by atoms with Gasteiger partial charge >= 0.3 is 0 Å². The highest BCUT2D eigenvalue weighted by Crippen LogP contribution is 2.30. The zero-order valence-electron chi connectivity index (χ0n) is 14.4. The molecule has 0 bridgehead atoms. The summed E-state index contributed by atoms with van der Waals surface area (Å²) in [6.45, 7) is 3.01. The highest BCUT2D eigenvalue weighted by Gasteiger charge is 2.21. The minimum atomic E-state index is 0.229. The minimum absolute atomic E-state index is 0.229. The van der Waals surface area contributed by atoms with Gasteiger partial charge in [0.15, 0.2) is 0 Å². The molecule has 1 fully saturated rings. The lowest BCUT2D eigenvalue weighted by Gasteiger charge is -2.32. The Morgan fingerprint density at radius 1 is 1.04 bits per heavy atom. The molecule has 1 aliphatic rings. The second kappa shape index (κ2) is 7.83. The summed E-state index contributed by atoms with van der Waals surface area (Å²) in [6, 6.07) is 14.0. The number of aromatic nitrogens is 1. The summed E-state index contributed by atoms with van der Waals surface area (Å²) in [7, 11) is 0. The number of piperidine rings is 1. The summed E-state index contributed by atoms with van der Waals surface area (Å²) < 4.78 is 6.21. The maximum atomic E-state index is 6.37. The molecule has 0 radical (unpaired) electrons. The SMILES string of the molecule is Clc1ccc(CN2CCC(Oc3cc(Cl)c4cnccc4c3)CC2)cc1. The van der Waals surface area contributed by atoms with Crippen LogP contribution in [0.25, 0.3) is 10.8 Å². The minimum Gasteiger partial charge on any atom is -0.490 e. The van der Waals surface area contributed by atoms with Crippen molar-refractivity contribution in [2.75, 3.05) is 13.1 Å². The van der Waals surface area contributed by atoms with E-state index in [2.05, 4.69) is 22.0 Å². The Morgan fingerprint density at radius 2 is 1.81 bits per heavy atom. The van der Waals surface area contributed by atoms with E-state index in [4.69, 9.17) is 27.9 Å². The van der Waals surface area contributed by atoms with Crippen molar-refractivity contribution < 1.29 is 4.74 Å². The van der Waals surface area contributed by atoms with E-state index in [-0.39, 0.29) is 6.10 Å². The third-order valence-electron chi connectivity index (χ3n) is 4.84. The van der Waals surface area contributed by atoms with Gasteiger partial charge in [0.1, 0.15) is 11.9 Å².